The van der Waals surface area contributed by atoms with Crippen LogP contribution >= 0.6 is 0 Å². The van der Waals surface area contributed by atoms with E-state index in [2.05, 4.69) is 5.92 Å². The lowest BCUT2D eigenvalue weighted by molar-refractivity contribution is 0.173. The van der Waals surface area contributed by atoms with Crippen LogP contribution in [0.15, 0.2) is 24.3 Å². The summed E-state index contributed by atoms with van der Waals surface area (Å²) in [6.07, 6.45) is 7.10. The lowest BCUT2D eigenvalue weighted by atomic mass is 10.1. The van der Waals surface area contributed by atoms with Gasteiger partial charge in [-0.15, -0.1) is 12.3 Å². The van der Waals surface area contributed by atoms with Crippen molar-refractivity contribution in [1.29, 1.82) is 0 Å². The number of hydrogen-bond donors (Lipinski definition) is 1. The lowest BCUT2D eigenvalue weighted by Crippen LogP contribution is -1.98. The van der Waals surface area contributed by atoms with Crippen LogP contribution in [0.25, 0.3) is 0 Å². The Balaban J connectivity index is 2.43. The second kappa shape index (κ2) is 6.92. The maximum Gasteiger partial charge on any atom is 0.119 e. The predicted molar refractivity (Wildman–Crippen MR) is 65.3 cm³/mol. The SMILES string of the molecule is C#CCCCOc1ccc(C(O)CC)cc1. The highest BCUT2D eigenvalue weighted by molar-refractivity contribution is 5.28. The van der Waals surface area contributed by atoms with Gasteiger partial charge in [-0.05, 0) is 30.5 Å². The maximum absolute atomic E-state index is 9.60. The highest BCUT2D eigenvalue weighted by atomic mass is 16.5. The molecule has 0 heterocycles. The van der Waals surface area contributed by atoms with Gasteiger partial charge in [0.05, 0.1) is 12.7 Å². The average molecular weight is 218 g/mol. The van der Waals surface area contributed by atoms with Gasteiger partial charge < -0.3 is 9.84 Å². The fraction of sp³-hybridized carbons (Fsp3) is 0.429. The van der Waals surface area contributed by atoms with Gasteiger partial charge in [0, 0.05) is 6.42 Å². The molecule has 1 atom stereocenters. The Hall–Kier alpha value is -1.46. The molecule has 0 saturated heterocycles. The van der Waals surface area contributed by atoms with Crippen LogP contribution in [0.1, 0.15) is 37.9 Å². The quantitative estimate of drug-likeness (QED) is 0.587. The number of aliphatic hydroxyl groups excluding tert-OH is 1. The molecule has 1 aromatic carbocycles. The Bertz CT molecular complexity index is 335. The van der Waals surface area contributed by atoms with Gasteiger partial charge in [0.15, 0.2) is 0 Å². The van der Waals surface area contributed by atoms with Gasteiger partial charge in [-0.3, -0.25) is 0 Å². The summed E-state index contributed by atoms with van der Waals surface area (Å²) in [4.78, 5) is 0. The van der Waals surface area contributed by atoms with E-state index in [0.29, 0.717) is 6.61 Å². The molecule has 1 unspecified atom stereocenters. The van der Waals surface area contributed by atoms with E-state index in [-0.39, 0.29) is 6.10 Å². The smallest absolute Gasteiger partial charge is 0.119 e. The Kier molecular flexibility index (Phi) is 5.45. The standard InChI is InChI=1S/C14H18O2/c1-3-5-6-11-16-13-9-7-12(8-10-13)14(15)4-2/h1,7-10,14-15H,4-6,11H2,2H3. The van der Waals surface area contributed by atoms with Gasteiger partial charge in [0.2, 0.25) is 0 Å². The van der Waals surface area contributed by atoms with Crippen LogP contribution in [0, 0.1) is 12.3 Å². The molecule has 86 valence electrons. The third-order valence-electron chi connectivity index (χ3n) is 2.39. The predicted octanol–water partition coefficient (Wildman–Crippen LogP) is 2.92. The third kappa shape index (κ3) is 3.96. The summed E-state index contributed by atoms with van der Waals surface area (Å²) in [6.45, 7) is 2.59. The molecule has 0 radical (unpaired) electrons. The molecule has 1 aromatic rings. The van der Waals surface area contributed by atoms with Crippen molar-refractivity contribution in [1.82, 2.24) is 0 Å². The summed E-state index contributed by atoms with van der Waals surface area (Å²) in [5.41, 5.74) is 0.929. The van der Waals surface area contributed by atoms with Crippen molar-refractivity contribution in [3.8, 4) is 18.1 Å². The van der Waals surface area contributed by atoms with E-state index in [1.165, 1.54) is 0 Å². The van der Waals surface area contributed by atoms with Crippen molar-refractivity contribution in [3.63, 3.8) is 0 Å². The van der Waals surface area contributed by atoms with Crippen molar-refractivity contribution in [3.05, 3.63) is 29.8 Å². The number of rotatable bonds is 6. The lowest BCUT2D eigenvalue weighted by Gasteiger charge is -2.09. The zero-order chi connectivity index (χ0) is 11.8. The molecule has 0 saturated carbocycles. The van der Waals surface area contributed by atoms with Crippen LogP contribution in [-0.4, -0.2) is 11.7 Å². The fourth-order valence-corrected chi connectivity index (χ4v) is 1.39. The summed E-state index contributed by atoms with van der Waals surface area (Å²) >= 11 is 0. The first-order valence-electron chi connectivity index (χ1n) is 5.62. The maximum atomic E-state index is 9.60. The normalized spacial score (nSPS) is 11.8. The van der Waals surface area contributed by atoms with E-state index >= 15 is 0 Å². The molecule has 2 nitrogen and oxygen atoms in total. The van der Waals surface area contributed by atoms with E-state index in [1.807, 2.05) is 31.2 Å². The first-order valence-corrected chi connectivity index (χ1v) is 5.62. The minimum atomic E-state index is -0.379. The van der Waals surface area contributed by atoms with E-state index in [9.17, 15) is 5.11 Å². The van der Waals surface area contributed by atoms with Crippen molar-refractivity contribution >= 4 is 0 Å². The average Bonchev–Trinajstić information content (AvgIpc) is 2.34. The highest BCUT2D eigenvalue weighted by Crippen LogP contribution is 2.19. The molecule has 0 aliphatic carbocycles. The topological polar surface area (TPSA) is 29.5 Å². The summed E-state index contributed by atoms with van der Waals surface area (Å²) in [5, 5.41) is 9.60. The summed E-state index contributed by atoms with van der Waals surface area (Å²) in [5.74, 6) is 3.40. The molecule has 0 amide bonds. The van der Waals surface area contributed by atoms with Crippen LogP contribution in [0.4, 0.5) is 0 Å². The molecule has 1 rings (SSSR count). The summed E-state index contributed by atoms with van der Waals surface area (Å²) in [7, 11) is 0. The van der Waals surface area contributed by atoms with Crippen LogP contribution in [-0.2, 0) is 0 Å². The van der Waals surface area contributed by atoms with Gasteiger partial charge >= 0.3 is 0 Å². The highest BCUT2D eigenvalue weighted by Gasteiger charge is 2.03. The molecular formula is C14H18O2. The van der Waals surface area contributed by atoms with Gasteiger partial charge in [-0.25, -0.2) is 0 Å². The van der Waals surface area contributed by atoms with Crippen molar-refractivity contribution in [2.75, 3.05) is 6.61 Å². The number of aliphatic hydroxyl groups is 1. The minimum absolute atomic E-state index is 0.379. The first kappa shape index (κ1) is 12.6. The fourth-order valence-electron chi connectivity index (χ4n) is 1.39. The number of ether oxygens (including phenoxy) is 1. The molecule has 0 aliphatic rings. The molecule has 0 spiro atoms. The third-order valence-corrected chi connectivity index (χ3v) is 2.39. The summed E-state index contributed by atoms with van der Waals surface area (Å²) in [6, 6.07) is 7.55. The Morgan fingerprint density at radius 3 is 2.62 bits per heavy atom. The van der Waals surface area contributed by atoms with Crippen molar-refractivity contribution in [2.45, 2.75) is 32.3 Å². The van der Waals surface area contributed by atoms with E-state index < -0.39 is 0 Å². The number of hydrogen-bond acceptors (Lipinski definition) is 2. The van der Waals surface area contributed by atoms with E-state index in [4.69, 9.17) is 11.2 Å². The molecule has 2 heteroatoms. The van der Waals surface area contributed by atoms with E-state index in [1.54, 1.807) is 0 Å². The molecule has 1 N–H and O–H groups in total. The van der Waals surface area contributed by atoms with Gasteiger partial charge in [0.25, 0.3) is 0 Å². The molecular weight excluding hydrogens is 200 g/mol. The zero-order valence-corrected chi connectivity index (χ0v) is 9.65. The monoisotopic (exact) mass is 218 g/mol. The second-order valence-electron chi connectivity index (χ2n) is 3.65. The molecule has 16 heavy (non-hydrogen) atoms. The van der Waals surface area contributed by atoms with E-state index in [0.717, 1.165) is 30.6 Å². The van der Waals surface area contributed by atoms with Gasteiger partial charge in [-0.2, -0.15) is 0 Å². The Morgan fingerprint density at radius 1 is 1.38 bits per heavy atom. The Labute approximate surface area is 97.3 Å². The van der Waals surface area contributed by atoms with Crippen LogP contribution in [0.2, 0.25) is 0 Å². The minimum Gasteiger partial charge on any atom is -0.494 e. The largest absolute Gasteiger partial charge is 0.494 e. The summed E-state index contributed by atoms with van der Waals surface area (Å²) < 4.78 is 5.50. The second-order valence-corrected chi connectivity index (χ2v) is 3.65. The molecule has 0 bridgehead atoms. The van der Waals surface area contributed by atoms with Crippen LogP contribution in [0.5, 0.6) is 5.75 Å². The molecule has 0 aliphatic heterocycles. The number of benzene rings is 1. The van der Waals surface area contributed by atoms with Gasteiger partial charge in [0.1, 0.15) is 5.75 Å². The van der Waals surface area contributed by atoms with Crippen LogP contribution in [0.3, 0.4) is 0 Å². The van der Waals surface area contributed by atoms with Crippen molar-refractivity contribution in [2.24, 2.45) is 0 Å². The Morgan fingerprint density at radius 2 is 2.06 bits per heavy atom. The van der Waals surface area contributed by atoms with Gasteiger partial charge in [-0.1, -0.05) is 19.1 Å². The number of unbranched alkanes of at least 4 members (excludes halogenated alkanes) is 1. The first-order chi connectivity index (χ1) is 7.77. The zero-order valence-electron chi connectivity index (χ0n) is 9.65. The molecule has 0 fully saturated rings. The van der Waals surface area contributed by atoms with Crippen LogP contribution < -0.4 is 4.74 Å². The molecule has 0 aromatic heterocycles. The number of terminal acetylenes is 1. The van der Waals surface area contributed by atoms with Crippen molar-refractivity contribution < 1.29 is 9.84 Å².